The number of thiophene rings is 1. The molecule has 0 bridgehead atoms. The van der Waals surface area contributed by atoms with Crippen molar-refractivity contribution in [3.8, 4) is 21.9 Å². The highest BCUT2D eigenvalue weighted by molar-refractivity contribution is 7.23. The number of rotatable bonds is 6. The van der Waals surface area contributed by atoms with E-state index in [4.69, 9.17) is 9.47 Å². The molecule has 136 valence electrons. The number of hydrogen-bond donors (Lipinski definition) is 1. The van der Waals surface area contributed by atoms with Gasteiger partial charge in [0.2, 0.25) is 0 Å². The molecule has 0 aliphatic heterocycles. The smallest absolute Gasteiger partial charge is 0.188 e. The first-order valence-corrected chi connectivity index (χ1v) is 9.44. The van der Waals surface area contributed by atoms with E-state index in [1.54, 1.807) is 30.7 Å². The molecular formula is C22H19NO3S. The lowest BCUT2D eigenvalue weighted by atomic mass is 10.1. The molecule has 2 aromatic heterocycles. The van der Waals surface area contributed by atoms with Crippen LogP contribution >= 0.6 is 11.3 Å². The van der Waals surface area contributed by atoms with E-state index in [0.717, 1.165) is 37.5 Å². The zero-order valence-electron chi connectivity index (χ0n) is 14.9. The van der Waals surface area contributed by atoms with E-state index in [0.29, 0.717) is 6.42 Å². The van der Waals surface area contributed by atoms with Crippen LogP contribution < -0.4 is 4.74 Å². The third-order valence-corrected chi connectivity index (χ3v) is 5.62. The summed E-state index contributed by atoms with van der Waals surface area (Å²) in [6.45, 7) is 0.183. The Bertz CT molecular complexity index is 1060. The highest BCUT2D eigenvalue weighted by Crippen LogP contribution is 2.45. The Balaban J connectivity index is 1.85. The second-order valence-electron chi connectivity index (χ2n) is 6.12. The van der Waals surface area contributed by atoms with Gasteiger partial charge in [-0.25, -0.2) is 0 Å². The van der Waals surface area contributed by atoms with Crippen molar-refractivity contribution >= 4 is 21.4 Å². The van der Waals surface area contributed by atoms with E-state index < -0.39 is 0 Å². The first kappa shape index (κ1) is 17.5. The Morgan fingerprint density at radius 3 is 2.56 bits per heavy atom. The van der Waals surface area contributed by atoms with Gasteiger partial charge in [-0.05, 0) is 23.3 Å². The van der Waals surface area contributed by atoms with E-state index in [1.807, 2.05) is 42.5 Å². The van der Waals surface area contributed by atoms with Crippen molar-refractivity contribution in [2.45, 2.75) is 6.42 Å². The number of methoxy groups -OCH3 is 1. The molecule has 0 spiro atoms. The van der Waals surface area contributed by atoms with Crippen LogP contribution in [0.25, 0.3) is 20.5 Å². The van der Waals surface area contributed by atoms with Crippen molar-refractivity contribution in [2.75, 3.05) is 13.9 Å². The molecule has 0 radical (unpaired) electrons. The monoisotopic (exact) mass is 377 g/mol. The number of ether oxygens (including phenoxy) is 2. The third kappa shape index (κ3) is 3.52. The number of phenols is 1. The number of phenolic OH excluding ortho intramolecular Hbond substituents is 1. The summed E-state index contributed by atoms with van der Waals surface area (Å²) in [7, 11) is 1.61. The number of fused-ring (bicyclic) bond motifs is 1. The van der Waals surface area contributed by atoms with Crippen LogP contribution in [0.1, 0.15) is 11.3 Å². The van der Waals surface area contributed by atoms with Gasteiger partial charge in [0.1, 0.15) is 11.5 Å². The summed E-state index contributed by atoms with van der Waals surface area (Å²) in [5, 5.41) is 11.1. The van der Waals surface area contributed by atoms with Gasteiger partial charge >= 0.3 is 0 Å². The molecule has 0 saturated carbocycles. The van der Waals surface area contributed by atoms with Crippen LogP contribution in [-0.4, -0.2) is 24.0 Å². The quantitative estimate of drug-likeness (QED) is 0.467. The number of nitrogens with zero attached hydrogens (tertiary/aromatic N) is 1. The predicted octanol–water partition coefficient (Wildman–Crippen LogP) is 5.24. The first-order valence-electron chi connectivity index (χ1n) is 8.62. The SMILES string of the molecule is COCOc1c(-c2ccccc2)sc2c(Cc3ccccc3O)nccc12. The van der Waals surface area contributed by atoms with E-state index in [2.05, 4.69) is 17.1 Å². The Morgan fingerprint density at radius 2 is 1.78 bits per heavy atom. The second-order valence-corrected chi connectivity index (χ2v) is 7.14. The highest BCUT2D eigenvalue weighted by Gasteiger charge is 2.18. The molecule has 0 fully saturated rings. The summed E-state index contributed by atoms with van der Waals surface area (Å²) in [6, 6.07) is 19.5. The van der Waals surface area contributed by atoms with Gasteiger partial charge in [0.15, 0.2) is 6.79 Å². The zero-order chi connectivity index (χ0) is 18.6. The molecule has 4 nitrogen and oxygen atoms in total. The number of aromatic hydroxyl groups is 1. The van der Waals surface area contributed by atoms with Gasteiger partial charge in [-0.2, -0.15) is 0 Å². The summed E-state index contributed by atoms with van der Waals surface area (Å²) >= 11 is 1.65. The van der Waals surface area contributed by atoms with Gasteiger partial charge < -0.3 is 14.6 Å². The summed E-state index contributed by atoms with van der Waals surface area (Å²) in [5.41, 5.74) is 2.87. The Kier molecular flexibility index (Phi) is 5.05. The van der Waals surface area contributed by atoms with E-state index in [-0.39, 0.29) is 12.5 Å². The molecule has 2 heterocycles. The molecule has 5 heteroatoms. The van der Waals surface area contributed by atoms with Crippen molar-refractivity contribution in [1.29, 1.82) is 0 Å². The van der Waals surface area contributed by atoms with Crippen LogP contribution in [0.5, 0.6) is 11.5 Å². The molecule has 0 saturated heterocycles. The first-order chi connectivity index (χ1) is 13.3. The largest absolute Gasteiger partial charge is 0.508 e. The fourth-order valence-corrected chi connectivity index (χ4v) is 4.30. The number of para-hydroxylation sites is 1. The van der Waals surface area contributed by atoms with Crippen LogP contribution in [0.2, 0.25) is 0 Å². The summed E-state index contributed by atoms with van der Waals surface area (Å²) < 4.78 is 12.1. The summed E-state index contributed by atoms with van der Waals surface area (Å²) in [5.74, 6) is 1.09. The molecule has 4 rings (SSSR count). The van der Waals surface area contributed by atoms with Crippen molar-refractivity contribution in [3.05, 3.63) is 78.1 Å². The van der Waals surface area contributed by atoms with Gasteiger partial charge in [0, 0.05) is 25.1 Å². The lowest BCUT2D eigenvalue weighted by molar-refractivity contribution is 0.0528. The topological polar surface area (TPSA) is 51.6 Å². The minimum atomic E-state index is 0.183. The lowest BCUT2D eigenvalue weighted by Crippen LogP contribution is -1.99. The van der Waals surface area contributed by atoms with Gasteiger partial charge in [-0.15, -0.1) is 11.3 Å². The maximum atomic E-state index is 10.1. The summed E-state index contributed by atoms with van der Waals surface area (Å²) in [4.78, 5) is 5.63. The Hall–Kier alpha value is -2.89. The Morgan fingerprint density at radius 1 is 1.00 bits per heavy atom. The van der Waals surface area contributed by atoms with Gasteiger partial charge in [-0.1, -0.05) is 48.5 Å². The number of benzene rings is 2. The van der Waals surface area contributed by atoms with Crippen LogP contribution in [0.3, 0.4) is 0 Å². The van der Waals surface area contributed by atoms with E-state index >= 15 is 0 Å². The van der Waals surface area contributed by atoms with Crippen molar-refractivity contribution in [1.82, 2.24) is 4.98 Å². The number of pyridine rings is 1. The van der Waals surface area contributed by atoms with E-state index in [9.17, 15) is 5.11 Å². The minimum Gasteiger partial charge on any atom is -0.508 e. The van der Waals surface area contributed by atoms with Crippen LogP contribution in [0.4, 0.5) is 0 Å². The van der Waals surface area contributed by atoms with Crippen molar-refractivity contribution in [2.24, 2.45) is 0 Å². The molecule has 4 aromatic rings. The zero-order valence-corrected chi connectivity index (χ0v) is 15.7. The summed E-state index contributed by atoms with van der Waals surface area (Å²) in [6.07, 6.45) is 2.35. The molecule has 1 N–H and O–H groups in total. The number of hydrogen-bond acceptors (Lipinski definition) is 5. The van der Waals surface area contributed by atoms with Crippen molar-refractivity contribution < 1.29 is 14.6 Å². The molecule has 0 unspecified atom stereocenters. The molecular weight excluding hydrogens is 358 g/mol. The van der Waals surface area contributed by atoms with Gasteiger partial charge in [-0.3, -0.25) is 4.98 Å². The predicted molar refractivity (Wildman–Crippen MR) is 108 cm³/mol. The van der Waals surface area contributed by atoms with E-state index in [1.165, 1.54) is 0 Å². The fourth-order valence-electron chi connectivity index (χ4n) is 3.06. The lowest BCUT2D eigenvalue weighted by Gasteiger charge is -2.07. The third-order valence-electron chi connectivity index (χ3n) is 4.34. The maximum Gasteiger partial charge on any atom is 0.188 e. The normalized spacial score (nSPS) is 11.0. The standard InChI is InChI=1S/C22H19NO3S/c1-25-14-26-20-17-11-12-23-18(13-16-9-5-6-10-19(16)24)22(17)27-21(20)15-7-3-2-4-8-15/h2-12,24H,13-14H2,1H3. The van der Waals surface area contributed by atoms with Gasteiger partial charge in [0.25, 0.3) is 0 Å². The molecule has 0 aliphatic carbocycles. The van der Waals surface area contributed by atoms with Crippen LogP contribution in [0.15, 0.2) is 66.9 Å². The molecule has 27 heavy (non-hydrogen) atoms. The second kappa shape index (κ2) is 7.78. The fraction of sp³-hybridized carbons (Fsp3) is 0.136. The minimum absolute atomic E-state index is 0.183. The highest BCUT2D eigenvalue weighted by atomic mass is 32.1. The van der Waals surface area contributed by atoms with Gasteiger partial charge in [0.05, 0.1) is 15.3 Å². The molecule has 0 amide bonds. The van der Waals surface area contributed by atoms with Crippen LogP contribution in [-0.2, 0) is 11.2 Å². The molecule has 2 aromatic carbocycles. The molecule has 0 aliphatic rings. The molecule has 0 atom stereocenters. The average molecular weight is 377 g/mol. The average Bonchev–Trinajstić information content (AvgIpc) is 3.08. The maximum absolute atomic E-state index is 10.1. The van der Waals surface area contributed by atoms with Crippen LogP contribution in [0, 0.1) is 0 Å². The van der Waals surface area contributed by atoms with Crippen molar-refractivity contribution in [3.63, 3.8) is 0 Å². The Labute approximate surface area is 161 Å². The number of aromatic nitrogens is 1.